The van der Waals surface area contributed by atoms with Crippen LogP contribution in [0.4, 0.5) is 23.2 Å². The minimum absolute atomic E-state index is 0.000714. The molecule has 160 valence electrons. The number of halogens is 4. The highest BCUT2D eigenvalue weighted by Gasteiger charge is 2.38. The van der Waals surface area contributed by atoms with E-state index in [-0.39, 0.29) is 41.7 Å². The summed E-state index contributed by atoms with van der Waals surface area (Å²) in [6.07, 6.45) is -4.07. The number of anilines is 1. The first-order chi connectivity index (χ1) is 13.2. The molecule has 1 aromatic carbocycles. The number of rotatable bonds is 3. The van der Waals surface area contributed by atoms with Gasteiger partial charge in [0, 0.05) is 18.8 Å². The highest BCUT2D eigenvalue weighted by atomic mass is 32.2. The van der Waals surface area contributed by atoms with Gasteiger partial charge < -0.3 is 9.88 Å². The number of piperidine rings is 1. The lowest BCUT2D eigenvalue weighted by Crippen LogP contribution is -2.43. The standard InChI is InChI=1S/C16H18F4N4O4S/c1-15(17)3-5-23(6-4-15)12-7-9-11(8-10(12)16(18,19)20)21-14(26)24(13(9)25)22-29(2,27)28/h7-8,22H,3-6H2,1-2H3,(H,21,26). The quantitative estimate of drug-likeness (QED) is 0.708. The van der Waals surface area contributed by atoms with E-state index in [1.165, 1.54) is 11.8 Å². The van der Waals surface area contributed by atoms with E-state index in [9.17, 15) is 35.6 Å². The summed E-state index contributed by atoms with van der Waals surface area (Å²) in [5.41, 5.74) is -5.68. The van der Waals surface area contributed by atoms with Gasteiger partial charge in [-0.05, 0) is 31.9 Å². The van der Waals surface area contributed by atoms with Crippen LogP contribution in [0.1, 0.15) is 25.3 Å². The minimum Gasteiger partial charge on any atom is -0.371 e. The van der Waals surface area contributed by atoms with Gasteiger partial charge in [-0.25, -0.2) is 22.4 Å². The molecule has 8 nitrogen and oxygen atoms in total. The lowest BCUT2D eigenvalue weighted by atomic mass is 9.94. The van der Waals surface area contributed by atoms with Crippen molar-refractivity contribution in [3.63, 3.8) is 0 Å². The number of sulfonamides is 1. The molecule has 1 saturated heterocycles. The molecule has 1 aliphatic heterocycles. The zero-order valence-corrected chi connectivity index (χ0v) is 16.2. The summed E-state index contributed by atoms with van der Waals surface area (Å²) in [7, 11) is -4.00. The second-order valence-electron chi connectivity index (χ2n) is 7.25. The fourth-order valence-corrected chi connectivity index (χ4v) is 3.70. The maximum Gasteiger partial charge on any atom is 0.418 e. The van der Waals surface area contributed by atoms with Gasteiger partial charge in [-0.1, -0.05) is 0 Å². The number of H-pyrrole nitrogens is 1. The van der Waals surface area contributed by atoms with Crippen LogP contribution in [0.5, 0.6) is 0 Å². The Morgan fingerprint density at radius 2 is 1.76 bits per heavy atom. The van der Waals surface area contributed by atoms with Crippen LogP contribution < -0.4 is 21.0 Å². The van der Waals surface area contributed by atoms with Crippen LogP contribution in [0, 0.1) is 0 Å². The van der Waals surface area contributed by atoms with E-state index in [4.69, 9.17) is 0 Å². The van der Waals surface area contributed by atoms with E-state index >= 15 is 0 Å². The van der Waals surface area contributed by atoms with Crippen LogP contribution >= 0.6 is 0 Å². The summed E-state index contributed by atoms with van der Waals surface area (Å²) < 4.78 is 77.9. The smallest absolute Gasteiger partial charge is 0.371 e. The number of aromatic amines is 1. The molecule has 2 heterocycles. The Bertz CT molecular complexity index is 1170. The van der Waals surface area contributed by atoms with E-state index in [0.29, 0.717) is 12.3 Å². The Kier molecular flexibility index (Phi) is 4.92. The Morgan fingerprint density at radius 3 is 2.28 bits per heavy atom. The second-order valence-corrected chi connectivity index (χ2v) is 8.97. The maximum absolute atomic E-state index is 14.1. The van der Waals surface area contributed by atoms with Crippen molar-refractivity contribution in [2.24, 2.45) is 0 Å². The van der Waals surface area contributed by atoms with Gasteiger partial charge >= 0.3 is 11.9 Å². The van der Waals surface area contributed by atoms with Crippen molar-refractivity contribution >= 4 is 26.6 Å². The average molecular weight is 438 g/mol. The number of alkyl halides is 4. The molecule has 0 spiro atoms. The Labute approximate surface area is 162 Å². The Balaban J connectivity index is 2.24. The van der Waals surface area contributed by atoms with Gasteiger partial charge in [0.05, 0.1) is 22.7 Å². The van der Waals surface area contributed by atoms with Gasteiger partial charge in [0.1, 0.15) is 5.67 Å². The topological polar surface area (TPSA) is 104 Å². The first kappa shape index (κ1) is 21.1. The molecule has 0 radical (unpaired) electrons. The zero-order chi connectivity index (χ0) is 21.8. The molecule has 0 unspecified atom stereocenters. The summed E-state index contributed by atoms with van der Waals surface area (Å²) in [6.45, 7) is 1.37. The van der Waals surface area contributed by atoms with E-state index in [2.05, 4.69) is 4.98 Å². The molecule has 1 aromatic heterocycles. The van der Waals surface area contributed by atoms with Crippen LogP contribution in [0.3, 0.4) is 0 Å². The van der Waals surface area contributed by atoms with Gasteiger partial charge in [-0.2, -0.15) is 17.8 Å². The number of benzene rings is 1. The third-order valence-electron chi connectivity index (χ3n) is 4.72. The van der Waals surface area contributed by atoms with Crippen molar-refractivity contribution < 1.29 is 26.0 Å². The van der Waals surface area contributed by atoms with E-state index < -0.39 is 44.2 Å². The third-order valence-corrected chi connectivity index (χ3v) is 5.24. The van der Waals surface area contributed by atoms with E-state index in [1.807, 2.05) is 0 Å². The number of nitrogens with zero attached hydrogens (tertiary/aromatic N) is 2. The molecule has 13 heteroatoms. The van der Waals surface area contributed by atoms with Crippen LogP contribution in [0.2, 0.25) is 0 Å². The molecule has 1 aliphatic rings. The molecule has 0 amide bonds. The van der Waals surface area contributed by atoms with Crippen LogP contribution in [0.25, 0.3) is 10.9 Å². The molecule has 0 bridgehead atoms. The molecule has 2 aromatic rings. The highest BCUT2D eigenvalue weighted by molar-refractivity contribution is 7.91. The first-order valence-corrected chi connectivity index (χ1v) is 10.4. The molecule has 3 rings (SSSR count). The molecule has 0 atom stereocenters. The lowest BCUT2D eigenvalue weighted by Gasteiger charge is -2.36. The lowest BCUT2D eigenvalue weighted by molar-refractivity contribution is -0.137. The fraction of sp³-hybridized carbons (Fsp3) is 0.500. The number of hydrogen-bond acceptors (Lipinski definition) is 5. The van der Waals surface area contributed by atoms with Crippen LogP contribution in [0.15, 0.2) is 21.7 Å². The van der Waals surface area contributed by atoms with Crippen molar-refractivity contribution in [1.82, 2.24) is 9.66 Å². The Hall–Kier alpha value is -2.57. The SMILES string of the molecule is CC1(F)CCN(c2cc3c(=O)n(NS(C)(=O)=O)c(=O)[nH]c3cc2C(F)(F)F)CC1. The second kappa shape index (κ2) is 6.75. The summed E-state index contributed by atoms with van der Waals surface area (Å²) in [6, 6.07) is 1.57. The fourth-order valence-electron chi connectivity index (χ4n) is 3.20. The average Bonchev–Trinajstić information content (AvgIpc) is 2.56. The van der Waals surface area contributed by atoms with Crippen LogP contribution in [-0.2, 0) is 16.2 Å². The molecular weight excluding hydrogens is 420 g/mol. The molecule has 0 aliphatic carbocycles. The third kappa shape index (κ3) is 4.38. The summed E-state index contributed by atoms with van der Waals surface area (Å²) in [5.74, 6) is 0. The van der Waals surface area contributed by atoms with Crippen molar-refractivity contribution in [3.05, 3.63) is 38.5 Å². The summed E-state index contributed by atoms with van der Waals surface area (Å²) >= 11 is 0. The minimum atomic E-state index is -4.79. The normalized spacial score (nSPS) is 17.5. The van der Waals surface area contributed by atoms with Gasteiger partial charge in [0.2, 0.25) is 10.0 Å². The zero-order valence-electron chi connectivity index (χ0n) is 15.4. The van der Waals surface area contributed by atoms with E-state index in [0.717, 1.165) is 6.07 Å². The number of nitrogens with one attached hydrogen (secondary N) is 2. The van der Waals surface area contributed by atoms with Crippen LogP contribution in [-0.4, -0.2) is 43.1 Å². The summed E-state index contributed by atoms with van der Waals surface area (Å²) in [5, 5.41) is -0.322. The molecule has 2 N–H and O–H groups in total. The van der Waals surface area contributed by atoms with Crippen molar-refractivity contribution in [1.29, 1.82) is 0 Å². The molecule has 0 saturated carbocycles. The number of hydrogen-bond donors (Lipinski definition) is 2. The maximum atomic E-state index is 14.1. The molecular formula is C16H18F4N4O4S. The first-order valence-electron chi connectivity index (χ1n) is 8.50. The monoisotopic (exact) mass is 438 g/mol. The number of aromatic nitrogens is 2. The predicted molar refractivity (Wildman–Crippen MR) is 99.0 cm³/mol. The Morgan fingerprint density at radius 1 is 1.17 bits per heavy atom. The van der Waals surface area contributed by atoms with Crippen molar-refractivity contribution in [2.45, 2.75) is 31.6 Å². The van der Waals surface area contributed by atoms with Gasteiger partial charge in [0.25, 0.3) is 5.56 Å². The largest absolute Gasteiger partial charge is 0.418 e. The van der Waals surface area contributed by atoms with Gasteiger partial charge in [-0.3, -0.25) is 4.79 Å². The summed E-state index contributed by atoms with van der Waals surface area (Å²) in [4.78, 5) is 29.7. The van der Waals surface area contributed by atoms with Gasteiger partial charge in [0.15, 0.2) is 0 Å². The van der Waals surface area contributed by atoms with E-state index in [1.54, 1.807) is 4.83 Å². The molecule has 29 heavy (non-hydrogen) atoms. The highest BCUT2D eigenvalue weighted by Crippen LogP contribution is 2.40. The van der Waals surface area contributed by atoms with Crippen molar-refractivity contribution in [3.8, 4) is 0 Å². The molecule has 1 fully saturated rings. The number of fused-ring (bicyclic) bond motifs is 1. The predicted octanol–water partition coefficient (Wildman–Crippen LogP) is 1.54. The van der Waals surface area contributed by atoms with Crippen molar-refractivity contribution in [2.75, 3.05) is 29.1 Å². The van der Waals surface area contributed by atoms with Gasteiger partial charge in [-0.15, -0.1) is 0 Å².